The van der Waals surface area contributed by atoms with Crippen LogP contribution in [-0.4, -0.2) is 55.5 Å². The van der Waals surface area contributed by atoms with Crippen LogP contribution in [0.5, 0.6) is 0 Å². The van der Waals surface area contributed by atoms with Crippen molar-refractivity contribution in [1.29, 1.82) is 0 Å². The summed E-state index contributed by atoms with van der Waals surface area (Å²) in [5, 5.41) is 9.80. The van der Waals surface area contributed by atoms with E-state index in [0.717, 1.165) is 31.9 Å². The van der Waals surface area contributed by atoms with Gasteiger partial charge in [0.05, 0.1) is 5.60 Å². The molecule has 4 nitrogen and oxygen atoms in total. The van der Waals surface area contributed by atoms with Gasteiger partial charge in [-0.2, -0.15) is 0 Å². The highest BCUT2D eigenvalue weighted by atomic mass is 16.5. The quantitative estimate of drug-likeness (QED) is 0.696. The monoisotopic (exact) mass is 244 g/mol. The molecule has 0 aromatic carbocycles. The van der Waals surface area contributed by atoms with Crippen LogP contribution in [0.2, 0.25) is 0 Å². The van der Waals surface area contributed by atoms with E-state index in [1.54, 1.807) is 7.11 Å². The maximum atomic E-state index is 9.80. The SMILES string of the molecule is COCC1CCN(CCCC(C)(O)CN)CC1. The molecule has 1 aliphatic heterocycles. The minimum atomic E-state index is -0.686. The zero-order chi connectivity index (χ0) is 12.7. The van der Waals surface area contributed by atoms with Crippen molar-refractivity contribution in [3.8, 4) is 0 Å². The predicted octanol–water partition coefficient (Wildman–Crippen LogP) is 0.835. The van der Waals surface area contributed by atoms with Crippen LogP contribution < -0.4 is 5.73 Å². The van der Waals surface area contributed by atoms with Gasteiger partial charge >= 0.3 is 0 Å². The van der Waals surface area contributed by atoms with E-state index in [9.17, 15) is 5.11 Å². The largest absolute Gasteiger partial charge is 0.389 e. The van der Waals surface area contributed by atoms with E-state index in [4.69, 9.17) is 10.5 Å². The Balaban J connectivity index is 2.10. The van der Waals surface area contributed by atoms with Gasteiger partial charge in [0.15, 0.2) is 0 Å². The maximum Gasteiger partial charge on any atom is 0.0741 e. The first-order valence-corrected chi connectivity index (χ1v) is 6.71. The van der Waals surface area contributed by atoms with Crippen molar-refractivity contribution in [2.75, 3.05) is 39.9 Å². The standard InChI is InChI=1S/C13H28N2O2/c1-13(16,11-14)6-3-7-15-8-4-12(5-9-15)10-17-2/h12,16H,3-11,14H2,1-2H3. The molecule has 1 rings (SSSR count). The lowest BCUT2D eigenvalue weighted by atomic mass is 9.96. The second kappa shape index (κ2) is 7.31. The number of likely N-dealkylation sites (tertiary alicyclic amines) is 1. The van der Waals surface area contributed by atoms with Gasteiger partial charge < -0.3 is 20.5 Å². The first-order chi connectivity index (χ1) is 8.07. The lowest BCUT2D eigenvalue weighted by Crippen LogP contribution is -2.38. The van der Waals surface area contributed by atoms with Crippen molar-refractivity contribution < 1.29 is 9.84 Å². The average Bonchev–Trinajstić information content (AvgIpc) is 2.32. The highest BCUT2D eigenvalue weighted by molar-refractivity contribution is 4.76. The second-order valence-electron chi connectivity index (χ2n) is 5.54. The fourth-order valence-corrected chi connectivity index (χ4v) is 2.40. The average molecular weight is 244 g/mol. The normalized spacial score (nSPS) is 22.6. The zero-order valence-electron chi connectivity index (χ0n) is 11.3. The van der Waals surface area contributed by atoms with Gasteiger partial charge in [-0.05, 0) is 58.2 Å². The Kier molecular flexibility index (Phi) is 6.41. The highest BCUT2D eigenvalue weighted by Gasteiger charge is 2.21. The lowest BCUT2D eigenvalue weighted by Gasteiger charge is -2.32. The minimum Gasteiger partial charge on any atom is -0.389 e. The van der Waals surface area contributed by atoms with Crippen molar-refractivity contribution in [3.05, 3.63) is 0 Å². The second-order valence-corrected chi connectivity index (χ2v) is 5.54. The molecule has 1 saturated heterocycles. The third-order valence-electron chi connectivity index (χ3n) is 3.74. The molecule has 0 amide bonds. The van der Waals surface area contributed by atoms with Crippen LogP contribution >= 0.6 is 0 Å². The number of hydrogen-bond donors (Lipinski definition) is 2. The number of piperidine rings is 1. The Morgan fingerprint density at radius 2 is 2.06 bits per heavy atom. The third-order valence-corrected chi connectivity index (χ3v) is 3.74. The van der Waals surface area contributed by atoms with Gasteiger partial charge in [0, 0.05) is 20.3 Å². The summed E-state index contributed by atoms with van der Waals surface area (Å²) in [6.45, 7) is 6.48. The Morgan fingerprint density at radius 1 is 1.41 bits per heavy atom. The van der Waals surface area contributed by atoms with Crippen molar-refractivity contribution in [3.63, 3.8) is 0 Å². The lowest BCUT2D eigenvalue weighted by molar-refractivity contribution is 0.0506. The number of nitrogens with two attached hydrogens (primary N) is 1. The van der Waals surface area contributed by atoms with Crippen molar-refractivity contribution in [2.24, 2.45) is 11.7 Å². The molecule has 3 N–H and O–H groups in total. The molecule has 0 spiro atoms. The summed E-state index contributed by atoms with van der Waals surface area (Å²) in [5.41, 5.74) is 4.81. The van der Waals surface area contributed by atoms with Gasteiger partial charge in [0.25, 0.3) is 0 Å². The van der Waals surface area contributed by atoms with Gasteiger partial charge in [0.1, 0.15) is 0 Å². The molecule has 102 valence electrons. The summed E-state index contributed by atoms with van der Waals surface area (Å²) in [4.78, 5) is 2.48. The Bertz CT molecular complexity index is 202. The Hall–Kier alpha value is -0.160. The van der Waals surface area contributed by atoms with Gasteiger partial charge in [-0.15, -0.1) is 0 Å². The summed E-state index contributed by atoms with van der Waals surface area (Å²) in [6, 6.07) is 0. The van der Waals surface area contributed by atoms with E-state index in [1.807, 2.05) is 6.92 Å². The number of aliphatic hydroxyl groups is 1. The Morgan fingerprint density at radius 3 is 2.59 bits per heavy atom. The van der Waals surface area contributed by atoms with Gasteiger partial charge in [-0.3, -0.25) is 0 Å². The molecular weight excluding hydrogens is 216 g/mol. The fraction of sp³-hybridized carbons (Fsp3) is 1.00. The van der Waals surface area contributed by atoms with Gasteiger partial charge in [0.2, 0.25) is 0 Å². The highest BCUT2D eigenvalue weighted by Crippen LogP contribution is 2.18. The molecule has 0 saturated carbocycles. The molecular formula is C13H28N2O2. The van der Waals surface area contributed by atoms with Crippen LogP contribution in [0.4, 0.5) is 0 Å². The van der Waals surface area contributed by atoms with Crippen molar-refractivity contribution in [1.82, 2.24) is 4.90 Å². The van der Waals surface area contributed by atoms with E-state index >= 15 is 0 Å². The molecule has 1 aliphatic rings. The number of methoxy groups -OCH3 is 1. The van der Waals surface area contributed by atoms with Crippen LogP contribution in [0.3, 0.4) is 0 Å². The molecule has 0 aromatic heterocycles. The maximum absolute atomic E-state index is 9.80. The molecule has 1 fully saturated rings. The van der Waals surface area contributed by atoms with Crippen LogP contribution in [-0.2, 0) is 4.74 Å². The summed E-state index contributed by atoms with van der Waals surface area (Å²) in [7, 11) is 1.78. The van der Waals surface area contributed by atoms with Crippen LogP contribution in [0.15, 0.2) is 0 Å². The summed E-state index contributed by atoms with van der Waals surface area (Å²) < 4.78 is 5.19. The molecule has 0 aliphatic carbocycles. The smallest absolute Gasteiger partial charge is 0.0741 e. The third kappa shape index (κ3) is 5.82. The molecule has 0 bridgehead atoms. The number of ether oxygens (including phenoxy) is 1. The Labute approximate surface area is 105 Å². The minimum absolute atomic E-state index is 0.350. The van der Waals surface area contributed by atoms with E-state index < -0.39 is 5.60 Å². The van der Waals surface area contributed by atoms with Crippen LogP contribution in [0.25, 0.3) is 0 Å². The van der Waals surface area contributed by atoms with E-state index in [-0.39, 0.29) is 0 Å². The first kappa shape index (κ1) is 14.9. The first-order valence-electron chi connectivity index (χ1n) is 6.71. The summed E-state index contributed by atoms with van der Waals surface area (Å²) in [5.74, 6) is 0.739. The number of nitrogens with zero attached hydrogens (tertiary/aromatic N) is 1. The molecule has 17 heavy (non-hydrogen) atoms. The van der Waals surface area contributed by atoms with Gasteiger partial charge in [-0.25, -0.2) is 0 Å². The molecule has 0 radical (unpaired) electrons. The fourth-order valence-electron chi connectivity index (χ4n) is 2.40. The zero-order valence-corrected chi connectivity index (χ0v) is 11.3. The van der Waals surface area contributed by atoms with Crippen LogP contribution in [0.1, 0.15) is 32.6 Å². The van der Waals surface area contributed by atoms with E-state index in [0.29, 0.717) is 6.54 Å². The number of hydrogen-bond acceptors (Lipinski definition) is 4. The van der Waals surface area contributed by atoms with E-state index in [1.165, 1.54) is 25.9 Å². The molecule has 1 unspecified atom stereocenters. The summed E-state index contributed by atoms with van der Waals surface area (Å²) >= 11 is 0. The number of rotatable bonds is 7. The molecule has 1 atom stereocenters. The van der Waals surface area contributed by atoms with E-state index in [2.05, 4.69) is 4.90 Å². The molecule has 4 heteroatoms. The molecule has 1 heterocycles. The summed E-state index contributed by atoms with van der Waals surface area (Å²) in [6.07, 6.45) is 4.29. The van der Waals surface area contributed by atoms with Crippen molar-refractivity contribution >= 4 is 0 Å². The predicted molar refractivity (Wildman–Crippen MR) is 70.0 cm³/mol. The topological polar surface area (TPSA) is 58.7 Å². The van der Waals surface area contributed by atoms with Gasteiger partial charge in [-0.1, -0.05) is 0 Å². The van der Waals surface area contributed by atoms with Crippen molar-refractivity contribution in [2.45, 2.75) is 38.2 Å². The molecule has 0 aromatic rings. The van der Waals surface area contributed by atoms with Crippen LogP contribution in [0, 0.1) is 5.92 Å².